The predicted molar refractivity (Wildman–Crippen MR) is 73.9 cm³/mol. The summed E-state index contributed by atoms with van der Waals surface area (Å²) >= 11 is 0. The van der Waals surface area contributed by atoms with Crippen LogP contribution < -0.4 is 15.8 Å². The highest BCUT2D eigenvalue weighted by Gasteiger charge is 2.07. The van der Waals surface area contributed by atoms with Gasteiger partial charge in [0.05, 0.1) is 12.6 Å². The Morgan fingerprint density at radius 2 is 2.17 bits per heavy atom. The fourth-order valence-corrected chi connectivity index (χ4v) is 1.77. The fraction of sp³-hybridized carbons (Fsp3) is 0.385. The lowest BCUT2D eigenvalue weighted by molar-refractivity contribution is 0.415. The first-order valence-electron chi connectivity index (χ1n) is 6.09. The third-order valence-corrected chi connectivity index (χ3v) is 2.74. The van der Waals surface area contributed by atoms with E-state index in [1.54, 1.807) is 7.11 Å². The molecule has 0 aliphatic heterocycles. The van der Waals surface area contributed by atoms with Gasteiger partial charge in [-0.15, -0.1) is 0 Å². The summed E-state index contributed by atoms with van der Waals surface area (Å²) in [4.78, 5) is 8.46. The Kier molecular flexibility index (Phi) is 3.82. The van der Waals surface area contributed by atoms with Gasteiger partial charge < -0.3 is 15.8 Å². The van der Waals surface area contributed by atoms with Crippen molar-refractivity contribution in [2.75, 3.05) is 24.7 Å². The molecule has 0 fully saturated rings. The van der Waals surface area contributed by atoms with Gasteiger partial charge in [0.2, 0.25) is 5.95 Å². The maximum atomic E-state index is 5.71. The van der Waals surface area contributed by atoms with Gasteiger partial charge in [0, 0.05) is 11.9 Å². The summed E-state index contributed by atoms with van der Waals surface area (Å²) in [6, 6.07) is 5.67. The molecule has 0 saturated heterocycles. The number of nitrogen functional groups attached to an aromatic ring is 1. The minimum absolute atomic E-state index is 0.284. The molecule has 0 atom stereocenters. The zero-order chi connectivity index (χ0) is 13.0. The van der Waals surface area contributed by atoms with Gasteiger partial charge >= 0.3 is 0 Å². The van der Waals surface area contributed by atoms with Crippen LogP contribution in [0.1, 0.15) is 19.8 Å². The number of nitrogens with zero attached hydrogens (tertiary/aromatic N) is 2. The fourth-order valence-electron chi connectivity index (χ4n) is 1.77. The first-order valence-corrected chi connectivity index (χ1v) is 6.09. The van der Waals surface area contributed by atoms with E-state index in [-0.39, 0.29) is 5.95 Å². The largest absolute Gasteiger partial charge is 0.497 e. The van der Waals surface area contributed by atoms with E-state index in [0.29, 0.717) is 0 Å². The van der Waals surface area contributed by atoms with E-state index < -0.39 is 0 Å². The molecular formula is C13H18N4O. The molecule has 1 aromatic heterocycles. The average molecular weight is 246 g/mol. The summed E-state index contributed by atoms with van der Waals surface area (Å²) in [5, 5.41) is 4.22. The van der Waals surface area contributed by atoms with E-state index in [2.05, 4.69) is 22.2 Å². The zero-order valence-corrected chi connectivity index (χ0v) is 10.7. The van der Waals surface area contributed by atoms with Crippen molar-refractivity contribution in [2.45, 2.75) is 19.8 Å². The molecule has 0 amide bonds. The van der Waals surface area contributed by atoms with Crippen LogP contribution in [0.4, 0.5) is 11.8 Å². The summed E-state index contributed by atoms with van der Waals surface area (Å²) in [6.07, 6.45) is 2.23. The van der Waals surface area contributed by atoms with E-state index in [9.17, 15) is 0 Å². The van der Waals surface area contributed by atoms with Crippen molar-refractivity contribution in [1.82, 2.24) is 9.97 Å². The highest BCUT2D eigenvalue weighted by Crippen LogP contribution is 2.25. The van der Waals surface area contributed by atoms with Crippen molar-refractivity contribution in [1.29, 1.82) is 0 Å². The van der Waals surface area contributed by atoms with Gasteiger partial charge in [0.15, 0.2) is 0 Å². The molecule has 2 rings (SSSR count). The first-order chi connectivity index (χ1) is 8.74. The topological polar surface area (TPSA) is 73.1 Å². The molecule has 0 radical (unpaired) electrons. The SMILES string of the molecule is CCCCNc1nc(N)nc2ccc(OC)cc12. The van der Waals surface area contributed by atoms with Crippen molar-refractivity contribution in [3.63, 3.8) is 0 Å². The Labute approximate surface area is 106 Å². The maximum absolute atomic E-state index is 5.71. The Balaban J connectivity index is 2.41. The Morgan fingerprint density at radius 1 is 1.33 bits per heavy atom. The highest BCUT2D eigenvalue weighted by molar-refractivity contribution is 5.91. The van der Waals surface area contributed by atoms with Crippen molar-refractivity contribution in [2.24, 2.45) is 0 Å². The average Bonchev–Trinajstić information content (AvgIpc) is 2.38. The minimum Gasteiger partial charge on any atom is -0.497 e. The second kappa shape index (κ2) is 5.53. The Morgan fingerprint density at radius 3 is 2.89 bits per heavy atom. The lowest BCUT2D eigenvalue weighted by Gasteiger charge is -2.10. The quantitative estimate of drug-likeness (QED) is 0.793. The lowest BCUT2D eigenvalue weighted by atomic mass is 10.2. The molecule has 5 nitrogen and oxygen atoms in total. The van der Waals surface area contributed by atoms with Crippen molar-refractivity contribution in [3.8, 4) is 5.75 Å². The van der Waals surface area contributed by atoms with Gasteiger partial charge in [-0.05, 0) is 24.6 Å². The van der Waals surface area contributed by atoms with Crippen LogP contribution in [-0.2, 0) is 0 Å². The van der Waals surface area contributed by atoms with E-state index >= 15 is 0 Å². The van der Waals surface area contributed by atoms with E-state index in [4.69, 9.17) is 10.5 Å². The number of hydrogen-bond donors (Lipinski definition) is 2. The molecule has 0 spiro atoms. The van der Waals surface area contributed by atoms with Crippen LogP contribution in [0.2, 0.25) is 0 Å². The summed E-state index contributed by atoms with van der Waals surface area (Å²) in [6.45, 7) is 3.02. The van der Waals surface area contributed by atoms with Gasteiger partial charge in [0.25, 0.3) is 0 Å². The zero-order valence-electron chi connectivity index (χ0n) is 10.7. The third-order valence-electron chi connectivity index (χ3n) is 2.74. The molecule has 0 saturated carbocycles. The number of aromatic nitrogens is 2. The van der Waals surface area contributed by atoms with Gasteiger partial charge in [-0.25, -0.2) is 4.98 Å². The van der Waals surface area contributed by atoms with Crippen molar-refractivity contribution < 1.29 is 4.74 Å². The number of rotatable bonds is 5. The number of fused-ring (bicyclic) bond motifs is 1. The van der Waals surface area contributed by atoms with Crippen molar-refractivity contribution >= 4 is 22.7 Å². The first kappa shape index (κ1) is 12.4. The number of nitrogens with one attached hydrogen (secondary N) is 1. The molecule has 3 N–H and O–H groups in total. The lowest BCUT2D eigenvalue weighted by Crippen LogP contribution is -2.06. The maximum Gasteiger partial charge on any atom is 0.222 e. The van der Waals surface area contributed by atoms with Gasteiger partial charge in [0.1, 0.15) is 11.6 Å². The number of unbranched alkanes of at least 4 members (excludes halogenated alkanes) is 1. The monoisotopic (exact) mass is 246 g/mol. The predicted octanol–water partition coefficient (Wildman–Crippen LogP) is 2.43. The molecule has 1 aromatic carbocycles. The van der Waals surface area contributed by atoms with Crippen molar-refractivity contribution in [3.05, 3.63) is 18.2 Å². The molecule has 0 unspecified atom stereocenters. The van der Waals surface area contributed by atoms with Crippen LogP contribution >= 0.6 is 0 Å². The molecule has 0 aliphatic rings. The van der Waals surface area contributed by atoms with Crippen LogP contribution in [0.5, 0.6) is 5.75 Å². The van der Waals surface area contributed by atoms with Crippen LogP contribution in [0.25, 0.3) is 10.9 Å². The number of benzene rings is 1. The van der Waals surface area contributed by atoms with E-state index in [0.717, 1.165) is 41.9 Å². The Hall–Kier alpha value is -2.04. The van der Waals surface area contributed by atoms with E-state index in [1.165, 1.54) is 0 Å². The number of hydrogen-bond acceptors (Lipinski definition) is 5. The molecular weight excluding hydrogens is 228 g/mol. The van der Waals surface area contributed by atoms with Gasteiger partial charge in [-0.3, -0.25) is 0 Å². The molecule has 18 heavy (non-hydrogen) atoms. The third kappa shape index (κ3) is 2.61. The second-order valence-electron chi connectivity index (χ2n) is 4.09. The molecule has 1 heterocycles. The molecule has 0 bridgehead atoms. The second-order valence-corrected chi connectivity index (χ2v) is 4.09. The summed E-state index contributed by atoms with van der Waals surface area (Å²) < 4.78 is 5.22. The minimum atomic E-state index is 0.284. The molecule has 5 heteroatoms. The molecule has 96 valence electrons. The summed E-state index contributed by atoms with van der Waals surface area (Å²) in [5.74, 6) is 1.84. The van der Waals surface area contributed by atoms with Gasteiger partial charge in [-0.1, -0.05) is 13.3 Å². The number of ether oxygens (including phenoxy) is 1. The molecule has 2 aromatic rings. The summed E-state index contributed by atoms with van der Waals surface area (Å²) in [5.41, 5.74) is 6.53. The van der Waals surface area contributed by atoms with E-state index in [1.807, 2.05) is 18.2 Å². The van der Waals surface area contributed by atoms with Gasteiger partial charge in [-0.2, -0.15) is 4.98 Å². The van der Waals surface area contributed by atoms with Crippen LogP contribution in [-0.4, -0.2) is 23.6 Å². The van der Waals surface area contributed by atoms with Crippen LogP contribution in [0.3, 0.4) is 0 Å². The number of methoxy groups -OCH3 is 1. The standard InChI is InChI=1S/C13H18N4O/c1-3-4-7-15-12-10-8-9(18-2)5-6-11(10)16-13(14)17-12/h5-6,8H,3-4,7H2,1-2H3,(H3,14,15,16,17). The van der Waals surface area contributed by atoms with Crippen LogP contribution in [0, 0.1) is 0 Å². The van der Waals surface area contributed by atoms with Crippen LogP contribution in [0.15, 0.2) is 18.2 Å². The smallest absolute Gasteiger partial charge is 0.222 e. The number of nitrogens with two attached hydrogens (primary N) is 1. The highest BCUT2D eigenvalue weighted by atomic mass is 16.5. The Bertz CT molecular complexity index is 542. The summed E-state index contributed by atoms with van der Waals surface area (Å²) in [7, 11) is 1.64. The molecule has 0 aliphatic carbocycles. The number of anilines is 2. The normalized spacial score (nSPS) is 10.6.